The lowest BCUT2D eigenvalue weighted by molar-refractivity contribution is -0.116. The molecule has 3 aromatic rings. The van der Waals surface area contributed by atoms with Crippen molar-refractivity contribution < 1.29 is 9.59 Å². The van der Waals surface area contributed by atoms with Crippen molar-refractivity contribution in [1.29, 1.82) is 0 Å². The molecule has 1 heterocycles. The van der Waals surface area contributed by atoms with Gasteiger partial charge in [0.1, 0.15) is 5.82 Å². The fraction of sp³-hybridized carbons (Fsp3) is 0.273. The first-order valence-electron chi connectivity index (χ1n) is 9.66. The molecule has 30 heavy (non-hydrogen) atoms. The van der Waals surface area contributed by atoms with E-state index in [0.717, 1.165) is 22.5 Å². The third-order valence-electron chi connectivity index (χ3n) is 4.77. The Bertz CT molecular complexity index is 1030. The first kappa shape index (κ1) is 21.6. The van der Waals surface area contributed by atoms with Crippen LogP contribution in [0.3, 0.4) is 0 Å². The standard InChI is InChI=1S/C22H25N5O2S/c1-15-8-7-11-18(16(15)2)24-21(29)14-30-22-26-25-19(27(22)3)12-13-20(28)23-17-9-5-4-6-10-17/h4-11H,12-14H2,1-3H3,(H,23,28)(H,24,29). The monoisotopic (exact) mass is 423 g/mol. The van der Waals surface area contributed by atoms with Crippen molar-refractivity contribution in [1.82, 2.24) is 14.8 Å². The van der Waals surface area contributed by atoms with Gasteiger partial charge in [-0.1, -0.05) is 42.1 Å². The van der Waals surface area contributed by atoms with Crippen LogP contribution in [0.4, 0.5) is 11.4 Å². The molecule has 7 nitrogen and oxygen atoms in total. The molecule has 0 saturated heterocycles. The predicted octanol–water partition coefficient (Wildman–Crippen LogP) is 3.73. The summed E-state index contributed by atoms with van der Waals surface area (Å²) in [6, 6.07) is 15.2. The second-order valence-corrected chi connectivity index (χ2v) is 7.90. The molecule has 0 aliphatic rings. The van der Waals surface area contributed by atoms with Crippen molar-refractivity contribution >= 4 is 35.0 Å². The van der Waals surface area contributed by atoms with Crippen LogP contribution in [0, 0.1) is 13.8 Å². The fourth-order valence-corrected chi connectivity index (χ4v) is 3.59. The summed E-state index contributed by atoms with van der Waals surface area (Å²) in [5, 5.41) is 14.8. The van der Waals surface area contributed by atoms with Gasteiger partial charge in [-0.15, -0.1) is 10.2 Å². The summed E-state index contributed by atoms with van der Waals surface area (Å²) in [5.74, 6) is 0.760. The first-order chi connectivity index (χ1) is 14.4. The maximum absolute atomic E-state index is 12.3. The van der Waals surface area contributed by atoms with E-state index in [1.165, 1.54) is 11.8 Å². The van der Waals surface area contributed by atoms with Crippen molar-refractivity contribution in [2.75, 3.05) is 16.4 Å². The van der Waals surface area contributed by atoms with Crippen LogP contribution in [0.5, 0.6) is 0 Å². The fourth-order valence-electron chi connectivity index (χ4n) is 2.86. The van der Waals surface area contributed by atoms with E-state index < -0.39 is 0 Å². The Morgan fingerprint density at radius 2 is 1.73 bits per heavy atom. The molecule has 2 N–H and O–H groups in total. The molecular weight excluding hydrogens is 398 g/mol. The molecule has 1 aromatic heterocycles. The number of anilines is 2. The lowest BCUT2D eigenvalue weighted by Crippen LogP contribution is -2.15. The van der Waals surface area contributed by atoms with Gasteiger partial charge in [-0.3, -0.25) is 9.59 Å². The van der Waals surface area contributed by atoms with Gasteiger partial charge in [0.2, 0.25) is 11.8 Å². The number of carbonyl (C=O) groups excluding carboxylic acids is 2. The number of nitrogens with zero attached hydrogens (tertiary/aromatic N) is 3. The van der Waals surface area contributed by atoms with E-state index in [9.17, 15) is 9.59 Å². The Morgan fingerprint density at radius 3 is 2.50 bits per heavy atom. The minimum Gasteiger partial charge on any atom is -0.326 e. The summed E-state index contributed by atoms with van der Waals surface area (Å²) < 4.78 is 1.83. The zero-order valence-corrected chi connectivity index (χ0v) is 18.1. The number of hydrogen-bond acceptors (Lipinski definition) is 5. The van der Waals surface area contributed by atoms with Crippen molar-refractivity contribution in [3.8, 4) is 0 Å². The molecule has 2 aromatic carbocycles. The van der Waals surface area contributed by atoms with E-state index in [1.54, 1.807) is 0 Å². The average Bonchev–Trinajstić information content (AvgIpc) is 3.08. The summed E-state index contributed by atoms with van der Waals surface area (Å²) >= 11 is 1.32. The second kappa shape index (κ2) is 10.1. The quantitative estimate of drug-likeness (QED) is 0.539. The molecule has 0 unspecified atom stereocenters. The van der Waals surface area contributed by atoms with Gasteiger partial charge < -0.3 is 15.2 Å². The van der Waals surface area contributed by atoms with Crippen molar-refractivity contribution in [3.05, 3.63) is 65.5 Å². The summed E-state index contributed by atoms with van der Waals surface area (Å²) in [6.07, 6.45) is 0.774. The number of hydrogen-bond donors (Lipinski definition) is 2. The Hall–Kier alpha value is -3.13. The van der Waals surface area contributed by atoms with Crippen LogP contribution in [0.1, 0.15) is 23.4 Å². The number of aryl methyl sites for hydroxylation is 2. The number of rotatable bonds is 8. The molecule has 2 amide bonds. The van der Waals surface area contributed by atoms with Crippen LogP contribution in [0.15, 0.2) is 53.7 Å². The Morgan fingerprint density at radius 1 is 0.967 bits per heavy atom. The molecule has 8 heteroatoms. The lowest BCUT2D eigenvalue weighted by atomic mass is 10.1. The SMILES string of the molecule is Cc1cccc(NC(=O)CSc2nnc(CCC(=O)Nc3ccccc3)n2C)c1C. The number of thioether (sulfide) groups is 1. The van der Waals surface area contributed by atoms with Crippen LogP contribution in [-0.4, -0.2) is 32.3 Å². The Kier molecular flexibility index (Phi) is 7.24. The highest BCUT2D eigenvalue weighted by atomic mass is 32.2. The van der Waals surface area contributed by atoms with Crippen molar-refractivity contribution in [2.45, 2.75) is 31.8 Å². The number of para-hydroxylation sites is 1. The van der Waals surface area contributed by atoms with Crippen LogP contribution in [0.2, 0.25) is 0 Å². The molecule has 0 atom stereocenters. The minimum absolute atomic E-state index is 0.0775. The highest BCUT2D eigenvalue weighted by Crippen LogP contribution is 2.20. The smallest absolute Gasteiger partial charge is 0.234 e. The van der Waals surface area contributed by atoms with Gasteiger partial charge in [0, 0.05) is 31.3 Å². The average molecular weight is 424 g/mol. The molecule has 0 radical (unpaired) electrons. The molecular formula is C22H25N5O2S. The maximum Gasteiger partial charge on any atom is 0.234 e. The highest BCUT2D eigenvalue weighted by molar-refractivity contribution is 7.99. The van der Waals surface area contributed by atoms with E-state index >= 15 is 0 Å². The maximum atomic E-state index is 12.3. The van der Waals surface area contributed by atoms with Gasteiger partial charge in [0.05, 0.1) is 5.75 Å². The zero-order valence-electron chi connectivity index (χ0n) is 17.3. The number of aromatic nitrogens is 3. The number of benzene rings is 2. The lowest BCUT2D eigenvalue weighted by Gasteiger charge is -2.10. The van der Waals surface area contributed by atoms with Crippen LogP contribution >= 0.6 is 11.8 Å². The molecule has 0 aliphatic carbocycles. The molecule has 0 spiro atoms. The first-order valence-corrected chi connectivity index (χ1v) is 10.6. The van der Waals surface area contributed by atoms with Gasteiger partial charge in [-0.05, 0) is 43.2 Å². The molecule has 0 saturated carbocycles. The summed E-state index contributed by atoms with van der Waals surface area (Å²) in [6.45, 7) is 4.00. The van der Waals surface area contributed by atoms with Crippen LogP contribution < -0.4 is 10.6 Å². The van der Waals surface area contributed by atoms with Crippen molar-refractivity contribution in [2.24, 2.45) is 7.05 Å². The van der Waals surface area contributed by atoms with E-state index in [-0.39, 0.29) is 17.6 Å². The van der Waals surface area contributed by atoms with Gasteiger partial charge in [-0.2, -0.15) is 0 Å². The molecule has 0 bridgehead atoms. The Balaban J connectivity index is 1.49. The highest BCUT2D eigenvalue weighted by Gasteiger charge is 2.13. The largest absolute Gasteiger partial charge is 0.326 e. The third kappa shape index (κ3) is 5.70. The normalized spacial score (nSPS) is 10.6. The van der Waals surface area contributed by atoms with Crippen molar-refractivity contribution in [3.63, 3.8) is 0 Å². The predicted molar refractivity (Wildman–Crippen MR) is 120 cm³/mol. The van der Waals surface area contributed by atoms with Gasteiger partial charge in [0.25, 0.3) is 0 Å². The van der Waals surface area contributed by atoms with Gasteiger partial charge >= 0.3 is 0 Å². The van der Waals surface area contributed by atoms with E-state index in [1.807, 2.05) is 74.0 Å². The van der Waals surface area contributed by atoms with Crippen LogP contribution in [-0.2, 0) is 23.1 Å². The van der Waals surface area contributed by atoms with E-state index in [0.29, 0.717) is 23.8 Å². The van der Waals surface area contributed by atoms with E-state index in [4.69, 9.17) is 0 Å². The number of amides is 2. The zero-order chi connectivity index (χ0) is 21.5. The molecule has 3 rings (SSSR count). The van der Waals surface area contributed by atoms with Crippen LogP contribution in [0.25, 0.3) is 0 Å². The van der Waals surface area contributed by atoms with Gasteiger partial charge in [-0.25, -0.2) is 0 Å². The number of carbonyl (C=O) groups is 2. The van der Waals surface area contributed by atoms with Gasteiger partial charge in [0.15, 0.2) is 5.16 Å². The number of nitrogens with one attached hydrogen (secondary N) is 2. The molecule has 156 valence electrons. The minimum atomic E-state index is -0.0968. The topological polar surface area (TPSA) is 88.9 Å². The van der Waals surface area contributed by atoms with E-state index in [2.05, 4.69) is 20.8 Å². The third-order valence-corrected chi connectivity index (χ3v) is 5.79. The molecule has 0 fully saturated rings. The summed E-state index contributed by atoms with van der Waals surface area (Å²) in [5.41, 5.74) is 3.79. The Labute approximate surface area is 180 Å². The summed E-state index contributed by atoms with van der Waals surface area (Å²) in [4.78, 5) is 24.4. The molecule has 0 aliphatic heterocycles. The summed E-state index contributed by atoms with van der Waals surface area (Å²) in [7, 11) is 1.84. The second-order valence-electron chi connectivity index (χ2n) is 6.96.